The first kappa shape index (κ1) is 10.5. The molecular formula is C10H16N2S2. The van der Waals surface area contributed by atoms with E-state index in [0.29, 0.717) is 0 Å². The Kier molecular flexibility index (Phi) is 3.84. The molecule has 14 heavy (non-hydrogen) atoms. The number of aromatic nitrogens is 1. The summed E-state index contributed by atoms with van der Waals surface area (Å²) in [7, 11) is 0. The molecule has 1 N–H and O–H groups in total. The molecule has 1 aliphatic heterocycles. The number of rotatable bonds is 4. The smallest absolute Gasteiger partial charge is 0.0940 e. The molecule has 1 saturated heterocycles. The maximum Gasteiger partial charge on any atom is 0.0940 e. The topological polar surface area (TPSA) is 24.9 Å². The quantitative estimate of drug-likeness (QED) is 0.854. The summed E-state index contributed by atoms with van der Waals surface area (Å²) < 4.78 is 0. The number of nitrogens with zero attached hydrogens (tertiary/aromatic N) is 1. The highest BCUT2D eigenvalue weighted by atomic mass is 32.2. The third-order valence-electron chi connectivity index (χ3n) is 2.37. The molecule has 1 atom stereocenters. The SMILES string of the molecule is Cc1csc(CCN[C@@H]2CCSC2)n1. The van der Waals surface area contributed by atoms with Crippen molar-refractivity contribution in [2.45, 2.75) is 25.8 Å². The van der Waals surface area contributed by atoms with Crippen molar-refractivity contribution in [2.24, 2.45) is 0 Å². The van der Waals surface area contributed by atoms with E-state index in [2.05, 4.69) is 34.4 Å². The lowest BCUT2D eigenvalue weighted by molar-refractivity contribution is 0.560. The summed E-state index contributed by atoms with van der Waals surface area (Å²) in [5.74, 6) is 2.62. The number of aryl methyl sites for hydroxylation is 1. The standard InChI is InChI=1S/C10H16N2S2/c1-8-6-14-10(12-8)2-4-11-9-3-5-13-7-9/h6,9,11H,2-5,7H2,1H3/t9-/m1/s1. The van der Waals surface area contributed by atoms with E-state index in [-0.39, 0.29) is 0 Å². The van der Waals surface area contributed by atoms with Crippen molar-refractivity contribution in [2.75, 3.05) is 18.1 Å². The second kappa shape index (κ2) is 5.14. The first-order valence-electron chi connectivity index (χ1n) is 5.07. The van der Waals surface area contributed by atoms with Crippen LogP contribution in [0.4, 0.5) is 0 Å². The number of thiazole rings is 1. The Hall–Kier alpha value is -0.0600. The van der Waals surface area contributed by atoms with Crippen LogP contribution in [0, 0.1) is 6.92 Å². The van der Waals surface area contributed by atoms with E-state index in [9.17, 15) is 0 Å². The highest BCUT2D eigenvalue weighted by molar-refractivity contribution is 7.99. The molecule has 1 fully saturated rings. The average Bonchev–Trinajstić information content (AvgIpc) is 2.77. The molecule has 1 aromatic rings. The fourth-order valence-electron chi connectivity index (χ4n) is 1.60. The van der Waals surface area contributed by atoms with Gasteiger partial charge in [0.2, 0.25) is 0 Å². The number of hydrogen-bond acceptors (Lipinski definition) is 4. The average molecular weight is 228 g/mol. The first-order chi connectivity index (χ1) is 6.84. The summed E-state index contributed by atoms with van der Waals surface area (Å²) in [6.07, 6.45) is 2.42. The van der Waals surface area contributed by atoms with Crippen molar-refractivity contribution in [3.63, 3.8) is 0 Å². The van der Waals surface area contributed by atoms with Crippen LogP contribution in [-0.2, 0) is 6.42 Å². The highest BCUT2D eigenvalue weighted by Gasteiger charge is 2.13. The zero-order valence-electron chi connectivity index (χ0n) is 8.45. The van der Waals surface area contributed by atoms with Gasteiger partial charge in [0.15, 0.2) is 0 Å². The Morgan fingerprint density at radius 1 is 1.64 bits per heavy atom. The molecule has 0 bridgehead atoms. The van der Waals surface area contributed by atoms with Gasteiger partial charge in [-0.25, -0.2) is 4.98 Å². The van der Waals surface area contributed by atoms with E-state index in [1.54, 1.807) is 11.3 Å². The predicted molar refractivity (Wildman–Crippen MR) is 64.3 cm³/mol. The van der Waals surface area contributed by atoms with Crippen LogP contribution in [-0.4, -0.2) is 29.1 Å². The molecular weight excluding hydrogens is 212 g/mol. The van der Waals surface area contributed by atoms with Gasteiger partial charge in [0.05, 0.1) is 5.01 Å². The van der Waals surface area contributed by atoms with Crippen molar-refractivity contribution in [3.05, 3.63) is 16.1 Å². The van der Waals surface area contributed by atoms with Gasteiger partial charge in [0, 0.05) is 35.8 Å². The zero-order chi connectivity index (χ0) is 9.80. The van der Waals surface area contributed by atoms with E-state index < -0.39 is 0 Å². The second-order valence-corrected chi connectivity index (χ2v) is 5.74. The van der Waals surface area contributed by atoms with Crippen LogP contribution in [0.25, 0.3) is 0 Å². The summed E-state index contributed by atoms with van der Waals surface area (Å²) in [5.41, 5.74) is 1.15. The minimum Gasteiger partial charge on any atom is -0.313 e. The molecule has 2 heterocycles. The summed E-state index contributed by atoms with van der Waals surface area (Å²) in [6, 6.07) is 0.751. The van der Waals surface area contributed by atoms with Crippen molar-refractivity contribution in [1.29, 1.82) is 0 Å². The summed E-state index contributed by atoms with van der Waals surface area (Å²) in [6.45, 7) is 3.14. The molecule has 0 unspecified atom stereocenters. The molecule has 0 aromatic carbocycles. The third kappa shape index (κ3) is 2.97. The maximum atomic E-state index is 4.45. The van der Waals surface area contributed by atoms with Gasteiger partial charge in [-0.1, -0.05) is 0 Å². The summed E-state index contributed by atoms with van der Waals surface area (Å²) in [4.78, 5) is 4.45. The van der Waals surface area contributed by atoms with Gasteiger partial charge >= 0.3 is 0 Å². The van der Waals surface area contributed by atoms with E-state index in [4.69, 9.17) is 0 Å². The van der Waals surface area contributed by atoms with E-state index >= 15 is 0 Å². The lowest BCUT2D eigenvalue weighted by Gasteiger charge is -2.09. The Morgan fingerprint density at radius 2 is 2.57 bits per heavy atom. The fourth-order valence-corrected chi connectivity index (χ4v) is 3.56. The van der Waals surface area contributed by atoms with Crippen molar-refractivity contribution >= 4 is 23.1 Å². The normalized spacial score (nSPS) is 21.6. The monoisotopic (exact) mass is 228 g/mol. The molecule has 0 amide bonds. The van der Waals surface area contributed by atoms with Crippen molar-refractivity contribution in [1.82, 2.24) is 10.3 Å². The van der Waals surface area contributed by atoms with Gasteiger partial charge < -0.3 is 5.32 Å². The Labute approximate surface area is 93.5 Å². The van der Waals surface area contributed by atoms with Gasteiger partial charge in [-0.05, 0) is 19.1 Å². The molecule has 0 radical (unpaired) electrons. The van der Waals surface area contributed by atoms with Crippen LogP contribution in [0.2, 0.25) is 0 Å². The van der Waals surface area contributed by atoms with Crippen LogP contribution in [0.1, 0.15) is 17.1 Å². The molecule has 2 rings (SSSR count). The fraction of sp³-hybridized carbons (Fsp3) is 0.700. The van der Waals surface area contributed by atoms with Gasteiger partial charge in [0.1, 0.15) is 0 Å². The summed E-state index contributed by atoms with van der Waals surface area (Å²) in [5, 5.41) is 6.98. The van der Waals surface area contributed by atoms with Crippen molar-refractivity contribution < 1.29 is 0 Å². The zero-order valence-corrected chi connectivity index (χ0v) is 10.1. The minimum atomic E-state index is 0.751. The molecule has 2 nitrogen and oxygen atoms in total. The molecule has 1 aromatic heterocycles. The minimum absolute atomic E-state index is 0.751. The van der Waals surface area contributed by atoms with Crippen LogP contribution < -0.4 is 5.32 Å². The van der Waals surface area contributed by atoms with Gasteiger partial charge in [0.25, 0.3) is 0 Å². The lowest BCUT2D eigenvalue weighted by atomic mass is 10.2. The predicted octanol–water partition coefficient (Wildman–Crippen LogP) is 2.09. The highest BCUT2D eigenvalue weighted by Crippen LogP contribution is 2.17. The van der Waals surface area contributed by atoms with E-state index in [0.717, 1.165) is 24.7 Å². The number of thioether (sulfide) groups is 1. The molecule has 0 aliphatic carbocycles. The summed E-state index contributed by atoms with van der Waals surface area (Å²) >= 11 is 3.83. The van der Waals surface area contributed by atoms with Crippen LogP contribution >= 0.6 is 23.1 Å². The van der Waals surface area contributed by atoms with E-state index in [1.165, 1.54) is 22.9 Å². The van der Waals surface area contributed by atoms with Gasteiger partial charge in [-0.15, -0.1) is 11.3 Å². The van der Waals surface area contributed by atoms with Crippen molar-refractivity contribution in [3.8, 4) is 0 Å². The molecule has 0 saturated carbocycles. The largest absolute Gasteiger partial charge is 0.313 e. The maximum absolute atomic E-state index is 4.45. The van der Waals surface area contributed by atoms with E-state index in [1.807, 2.05) is 0 Å². The molecule has 0 spiro atoms. The Morgan fingerprint density at radius 3 is 3.21 bits per heavy atom. The van der Waals surface area contributed by atoms with Gasteiger partial charge in [-0.3, -0.25) is 0 Å². The lowest BCUT2D eigenvalue weighted by Crippen LogP contribution is -2.30. The van der Waals surface area contributed by atoms with Crippen LogP contribution in [0.3, 0.4) is 0 Å². The Bertz CT molecular complexity index is 279. The van der Waals surface area contributed by atoms with Crippen LogP contribution in [0.15, 0.2) is 5.38 Å². The first-order valence-corrected chi connectivity index (χ1v) is 7.10. The van der Waals surface area contributed by atoms with Gasteiger partial charge in [-0.2, -0.15) is 11.8 Å². The Balaban J connectivity index is 1.67. The molecule has 78 valence electrons. The van der Waals surface area contributed by atoms with Crippen LogP contribution in [0.5, 0.6) is 0 Å². The molecule has 4 heteroatoms. The third-order valence-corrected chi connectivity index (χ3v) is 4.56. The number of hydrogen-bond donors (Lipinski definition) is 1. The second-order valence-electron chi connectivity index (χ2n) is 3.65. The molecule has 1 aliphatic rings. The number of nitrogens with one attached hydrogen (secondary N) is 1.